The smallest absolute Gasteiger partial charge is 0.367 e. The van der Waals surface area contributed by atoms with Gasteiger partial charge in [-0.1, -0.05) is 0 Å². The number of hydrogen-bond acceptors (Lipinski definition) is 6. The van der Waals surface area contributed by atoms with Crippen molar-refractivity contribution in [2.45, 2.75) is 19.5 Å². The molecule has 0 atom stereocenters. The maximum atomic E-state index is 10.7. The number of hydrogen-bond donors (Lipinski definition) is 0. The molecule has 15 heavy (non-hydrogen) atoms. The molecule has 0 unspecified atom stereocenters. The highest BCUT2D eigenvalue weighted by Crippen LogP contribution is 2.12. The summed E-state index contributed by atoms with van der Waals surface area (Å²) < 4.78 is 9.51. The lowest BCUT2D eigenvalue weighted by molar-refractivity contribution is -0.801. The zero-order valence-corrected chi connectivity index (χ0v) is 8.67. The van der Waals surface area contributed by atoms with Gasteiger partial charge < -0.3 is 9.47 Å². The van der Waals surface area contributed by atoms with Gasteiger partial charge in [-0.05, 0) is 13.8 Å². The topological polar surface area (TPSA) is 105 Å². The number of ether oxygens (including phenoxy) is 2. The summed E-state index contributed by atoms with van der Waals surface area (Å²) in [7, 11) is 0. The van der Waals surface area contributed by atoms with Crippen molar-refractivity contribution in [1.82, 2.24) is 0 Å². The van der Waals surface area contributed by atoms with E-state index in [1.54, 1.807) is 13.8 Å². The Balaban J connectivity index is 4.73. The predicted octanol–water partition coefficient (Wildman–Crippen LogP) is 0.309. The molecule has 88 valence electrons. The highest BCUT2D eigenvalue weighted by molar-refractivity contribution is 4.65. The van der Waals surface area contributed by atoms with Gasteiger partial charge in [0.05, 0.1) is 0 Å². The molecule has 0 N–H and O–H groups in total. The van der Waals surface area contributed by atoms with Crippen LogP contribution in [-0.2, 0) is 9.47 Å². The maximum absolute atomic E-state index is 10.7. The molecule has 8 nitrogen and oxygen atoms in total. The molecular weight excluding hydrogens is 208 g/mol. The summed E-state index contributed by atoms with van der Waals surface area (Å²) in [5, 5.41) is 21.4. The van der Waals surface area contributed by atoms with Gasteiger partial charge in [-0.15, -0.1) is 0 Å². The van der Waals surface area contributed by atoms with Crippen LogP contribution in [0.1, 0.15) is 13.8 Å². The molecule has 0 fully saturated rings. The van der Waals surface area contributed by atoms with E-state index in [0.29, 0.717) is 0 Å². The van der Waals surface area contributed by atoms with Crippen LogP contribution >= 0.6 is 0 Å². The van der Waals surface area contributed by atoms with Gasteiger partial charge in [-0.25, -0.2) is 0 Å². The standard InChI is InChI=1S/C7H14N2O6/c1-3-14-5-7(8(10)11,9(12)13)6-15-4-2/h3-6H2,1-2H3. The van der Waals surface area contributed by atoms with Gasteiger partial charge in [0.1, 0.15) is 9.85 Å². The summed E-state index contributed by atoms with van der Waals surface area (Å²) in [6, 6.07) is 0. The van der Waals surface area contributed by atoms with E-state index in [1.165, 1.54) is 0 Å². The Hall–Kier alpha value is -1.28. The van der Waals surface area contributed by atoms with Crippen LogP contribution in [0.5, 0.6) is 0 Å². The summed E-state index contributed by atoms with van der Waals surface area (Å²) in [4.78, 5) is 19.4. The molecule has 0 aromatic carbocycles. The third-order valence-electron chi connectivity index (χ3n) is 1.75. The first-order valence-electron chi connectivity index (χ1n) is 4.45. The molecule has 0 amide bonds. The van der Waals surface area contributed by atoms with Crippen molar-refractivity contribution >= 4 is 0 Å². The maximum Gasteiger partial charge on any atom is 0.503 e. The fourth-order valence-electron chi connectivity index (χ4n) is 0.850. The number of nitro groups is 2. The second kappa shape index (κ2) is 6.25. The Morgan fingerprint density at radius 1 is 1.00 bits per heavy atom. The average molecular weight is 222 g/mol. The van der Waals surface area contributed by atoms with Gasteiger partial charge in [-0.3, -0.25) is 20.2 Å². The molecule has 0 saturated heterocycles. The highest BCUT2D eigenvalue weighted by atomic mass is 16.7. The van der Waals surface area contributed by atoms with Crippen molar-refractivity contribution in [3.05, 3.63) is 20.2 Å². The van der Waals surface area contributed by atoms with Crippen molar-refractivity contribution in [2.24, 2.45) is 0 Å². The van der Waals surface area contributed by atoms with E-state index in [-0.39, 0.29) is 13.2 Å². The van der Waals surface area contributed by atoms with Crippen molar-refractivity contribution in [3.8, 4) is 0 Å². The fraction of sp³-hybridized carbons (Fsp3) is 1.00. The Kier molecular flexibility index (Phi) is 5.72. The van der Waals surface area contributed by atoms with Crippen molar-refractivity contribution in [1.29, 1.82) is 0 Å². The van der Waals surface area contributed by atoms with E-state index in [1.807, 2.05) is 0 Å². The number of nitrogens with zero attached hydrogens (tertiary/aromatic N) is 2. The third-order valence-corrected chi connectivity index (χ3v) is 1.75. The van der Waals surface area contributed by atoms with Gasteiger partial charge >= 0.3 is 5.66 Å². The van der Waals surface area contributed by atoms with Crippen LogP contribution in [-0.4, -0.2) is 41.9 Å². The third kappa shape index (κ3) is 3.40. The normalized spacial score (nSPS) is 11.3. The average Bonchev–Trinajstić information content (AvgIpc) is 2.17. The molecule has 0 aliphatic carbocycles. The van der Waals surface area contributed by atoms with E-state index in [4.69, 9.17) is 9.47 Å². The molecule has 0 aliphatic heterocycles. The van der Waals surface area contributed by atoms with Crippen LogP contribution in [0.15, 0.2) is 0 Å². The first kappa shape index (κ1) is 13.7. The Labute approximate surface area is 86.5 Å². The predicted molar refractivity (Wildman–Crippen MR) is 49.7 cm³/mol. The van der Waals surface area contributed by atoms with Crippen molar-refractivity contribution < 1.29 is 19.3 Å². The molecule has 0 radical (unpaired) electrons. The highest BCUT2D eigenvalue weighted by Gasteiger charge is 2.57. The SMILES string of the molecule is CCOCC(COCC)([N+](=O)[O-])[N+](=O)[O-]. The van der Waals surface area contributed by atoms with Gasteiger partial charge in [-0.2, -0.15) is 0 Å². The fourth-order valence-corrected chi connectivity index (χ4v) is 0.850. The van der Waals surface area contributed by atoms with Gasteiger partial charge in [0, 0.05) is 13.2 Å². The van der Waals surface area contributed by atoms with Gasteiger partial charge in [0.15, 0.2) is 13.2 Å². The Bertz CT molecular complexity index is 208. The lowest BCUT2D eigenvalue weighted by Gasteiger charge is -2.16. The minimum absolute atomic E-state index is 0.176. The van der Waals surface area contributed by atoms with E-state index >= 15 is 0 Å². The summed E-state index contributed by atoms with van der Waals surface area (Å²) in [5.41, 5.74) is -2.40. The lowest BCUT2D eigenvalue weighted by atomic mass is 10.2. The summed E-state index contributed by atoms with van der Waals surface area (Å²) in [6.07, 6.45) is 0. The molecule has 0 saturated carbocycles. The summed E-state index contributed by atoms with van der Waals surface area (Å²) >= 11 is 0. The lowest BCUT2D eigenvalue weighted by Crippen LogP contribution is -2.54. The van der Waals surface area contributed by atoms with Crippen LogP contribution in [0.25, 0.3) is 0 Å². The van der Waals surface area contributed by atoms with Gasteiger partial charge in [0.2, 0.25) is 0 Å². The van der Waals surface area contributed by atoms with Crippen LogP contribution < -0.4 is 0 Å². The van der Waals surface area contributed by atoms with Crippen LogP contribution in [0.4, 0.5) is 0 Å². The molecule has 0 spiro atoms. The second-order valence-corrected chi connectivity index (χ2v) is 2.77. The molecule has 0 rings (SSSR count). The second-order valence-electron chi connectivity index (χ2n) is 2.77. The molecule has 0 aliphatic rings. The largest absolute Gasteiger partial charge is 0.503 e. The first-order chi connectivity index (χ1) is 7.01. The van der Waals surface area contributed by atoms with E-state index in [9.17, 15) is 20.2 Å². The molecule has 0 bridgehead atoms. The van der Waals surface area contributed by atoms with Crippen molar-refractivity contribution in [3.63, 3.8) is 0 Å². The summed E-state index contributed by atoms with van der Waals surface area (Å²) in [6.45, 7) is 2.37. The monoisotopic (exact) mass is 222 g/mol. The molecular formula is C7H14N2O6. The Morgan fingerprint density at radius 3 is 1.53 bits per heavy atom. The molecule has 8 heteroatoms. The molecule has 0 aromatic heterocycles. The first-order valence-corrected chi connectivity index (χ1v) is 4.45. The van der Waals surface area contributed by atoms with Crippen LogP contribution in [0.2, 0.25) is 0 Å². The zero-order valence-electron chi connectivity index (χ0n) is 8.67. The minimum Gasteiger partial charge on any atom is -0.367 e. The quantitative estimate of drug-likeness (QED) is 0.332. The van der Waals surface area contributed by atoms with Crippen LogP contribution in [0.3, 0.4) is 0 Å². The minimum atomic E-state index is -2.40. The van der Waals surface area contributed by atoms with E-state index in [2.05, 4.69) is 0 Å². The van der Waals surface area contributed by atoms with Crippen molar-refractivity contribution in [2.75, 3.05) is 26.4 Å². The Morgan fingerprint density at radius 2 is 1.33 bits per heavy atom. The van der Waals surface area contributed by atoms with Crippen LogP contribution in [0, 0.1) is 20.2 Å². The molecule has 0 aromatic rings. The summed E-state index contributed by atoms with van der Waals surface area (Å²) in [5.74, 6) is 0. The van der Waals surface area contributed by atoms with Gasteiger partial charge in [0.25, 0.3) is 0 Å². The zero-order chi connectivity index (χ0) is 11.9. The van der Waals surface area contributed by atoms with E-state index < -0.39 is 28.7 Å². The molecule has 0 heterocycles. The number of rotatable bonds is 8. The van der Waals surface area contributed by atoms with E-state index in [0.717, 1.165) is 0 Å².